The van der Waals surface area contributed by atoms with Crippen molar-refractivity contribution >= 4 is 34.7 Å². The number of nitrogens with two attached hydrogens (primary N) is 1. The van der Waals surface area contributed by atoms with E-state index >= 15 is 0 Å². The monoisotopic (exact) mass is 261 g/mol. The second-order valence-corrected chi connectivity index (χ2v) is 3.94. The fourth-order valence-electron chi connectivity index (χ4n) is 1.45. The van der Waals surface area contributed by atoms with Crippen molar-refractivity contribution in [3.8, 4) is 0 Å². The van der Waals surface area contributed by atoms with E-state index in [9.17, 15) is 4.79 Å². The Balaban J connectivity index is 2.08. The van der Waals surface area contributed by atoms with Crippen LogP contribution in [0.5, 0.6) is 0 Å². The smallest absolute Gasteiger partial charge is 0.255 e. The second-order valence-electron chi connectivity index (χ2n) is 3.75. The van der Waals surface area contributed by atoms with E-state index in [1.807, 2.05) is 0 Å². The first-order valence-corrected chi connectivity index (χ1v) is 5.70. The molecule has 0 heterocycles. The number of carbonyl (C=O) groups excluding carboxylic acids is 1. The van der Waals surface area contributed by atoms with Gasteiger partial charge in [0.25, 0.3) is 5.91 Å². The van der Waals surface area contributed by atoms with Crippen molar-refractivity contribution in [1.82, 2.24) is 0 Å². The highest BCUT2D eigenvalue weighted by atomic mass is 35.5. The standard InChI is InChI=1S/C13H12ClN3O/c14-17-12-7-5-11(6-8-12)16-13(18)9-1-3-10(15)4-2-9/h1-8,17H,15H2,(H,16,18). The summed E-state index contributed by atoms with van der Waals surface area (Å²) in [6, 6.07) is 13.8. The molecule has 0 atom stereocenters. The molecule has 18 heavy (non-hydrogen) atoms. The molecule has 0 saturated heterocycles. The first kappa shape index (κ1) is 12.3. The van der Waals surface area contributed by atoms with Crippen LogP contribution in [0.15, 0.2) is 48.5 Å². The minimum atomic E-state index is -0.179. The van der Waals surface area contributed by atoms with Crippen LogP contribution in [0.25, 0.3) is 0 Å². The zero-order valence-electron chi connectivity index (χ0n) is 9.48. The number of nitrogen functional groups attached to an aromatic ring is 1. The molecule has 0 aliphatic heterocycles. The van der Waals surface area contributed by atoms with Crippen LogP contribution in [0.3, 0.4) is 0 Å². The van der Waals surface area contributed by atoms with Gasteiger partial charge in [0.15, 0.2) is 0 Å². The van der Waals surface area contributed by atoms with Crippen molar-refractivity contribution in [3.05, 3.63) is 54.1 Å². The van der Waals surface area contributed by atoms with Crippen LogP contribution >= 0.6 is 11.8 Å². The van der Waals surface area contributed by atoms with Crippen LogP contribution in [-0.4, -0.2) is 5.91 Å². The third-order valence-electron chi connectivity index (χ3n) is 2.42. The largest absolute Gasteiger partial charge is 0.399 e. The highest BCUT2D eigenvalue weighted by Gasteiger charge is 2.05. The Morgan fingerprint density at radius 2 is 1.50 bits per heavy atom. The molecule has 2 aromatic rings. The third kappa shape index (κ3) is 2.93. The van der Waals surface area contributed by atoms with Gasteiger partial charge < -0.3 is 11.1 Å². The average Bonchev–Trinajstić information content (AvgIpc) is 2.40. The molecule has 0 saturated carbocycles. The summed E-state index contributed by atoms with van der Waals surface area (Å²) < 4.78 is 0. The van der Waals surface area contributed by atoms with Gasteiger partial charge in [-0.15, -0.1) is 0 Å². The molecule has 2 aromatic carbocycles. The zero-order chi connectivity index (χ0) is 13.0. The summed E-state index contributed by atoms with van der Waals surface area (Å²) in [4.78, 5) is 14.4. The molecule has 0 unspecified atom stereocenters. The number of nitrogens with one attached hydrogen (secondary N) is 2. The molecule has 4 nitrogen and oxygen atoms in total. The number of benzene rings is 2. The fourth-order valence-corrected chi connectivity index (χ4v) is 1.58. The van der Waals surface area contributed by atoms with Gasteiger partial charge in [0, 0.05) is 34.4 Å². The molecule has 1 amide bonds. The normalized spacial score (nSPS) is 9.83. The Kier molecular flexibility index (Phi) is 3.69. The van der Waals surface area contributed by atoms with Crippen molar-refractivity contribution in [2.45, 2.75) is 0 Å². The van der Waals surface area contributed by atoms with E-state index in [0.29, 0.717) is 16.9 Å². The number of rotatable bonds is 3. The van der Waals surface area contributed by atoms with Crippen molar-refractivity contribution in [2.75, 3.05) is 15.9 Å². The Hall–Kier alpha value is -2.20. The minimum Gasteiger partial charge on any atom is -0.399 e. The lowest BCUT2D eigenvalue weighted by molar-refractivity contribution is 0.102. The van der Waals surface area contributed by atoms with Crippen LogP contribution in [0, 0.1) is 0 Å². The van der Waals surface area contributed by atoms with Gasteiger partial charge in [-0.25, -0.2) is 0 Å². The summed E-state index contributed by atoms with van der Waals surface area (Å²) in [5, 5.41) is 2.78. The SMILES string of the molecule is Nc1ccc(C(=O)Nc2ccc(NCl)cc2)cc1. The molecule has 0 aromatic heterocycles. The molecule has 0 aliphatic rings. The van der Waals surface area contributed by atoms with E-state index in [-0.39, 0.29) is 5.91 Å². The summed E-state index contributed by atoms with van der Waals surface area (Å²) in [7, 11) is 0. The summed E-state index contributed by atoms with van der Waals surface area (Å²) in [5.41, 5.74) is 8.22. The summed E-state index contributed by atoms with van der Waals surface area (Å²) >= 11 is 5.45. The van der Waals surface area contributed by atoms with Crippen molar-refractivity contribution in [2.24, 2.45) is 0 Å². The molecular formula is C13H12ClN3O. The average molecular weight is 262 g/mol. The van der Waals surface area contributed by atoms with Crippen LogP contribution in [-0.2, 0) is 0 Å². The lowest BCUT2D eigenvalue weighted by Gasteiger charge is -2.06. The Labute approximate surface area is 110 Å². The van der Waals surface area contributed by atoms with Crippen LogP contribution in [0.4, 0.5) is 17.1 Å². The maximum Gasteiger partial charge on any atom is 0.255 e. The molecule has 2 rings (SSSR count). The van der Waals surface area contributed by atoms with Gasteiger partial charge in [0.1, 0.15) is 0 Å². The van der Waals surface area contributed by atoms with Gasteiger partial charge in [-0.1, -0.05) is 0 Å². The summed E-state index contributed by atoms with van der Waals surface area (Å²) in [6.07, 6.45) is 0. The Morgan fingerprint density at radius 1 is 0.944 bits per heavy atom. The van der Waals surface area contributed by atoms with Crippen molar-refractivity contribution in [1.29, 1.82) is 0 Å². The zero-order valence-corrected chi connectivity index (χ0v) is 10.2. The topological polar surface area (TPSA) is 67.2 Å². The molecule has 0 aliphatic carbocycles. The molecule has 0 radical (unpaired) electrons. The van der Waals surface area contributed by atoms with E-state index in [4.69, 9.17) is 17.5 Å². The molecule has 0 fully saturated rings. The van der Waals surface area contributed by atoms with E-state index < -0.39 is 0 Å². The number of carbonyl (C=O) groups is 1. The van der Waals surface area contributed by atoms with Crippen molar-refractivity contribution < 1.29 is 4.79 Å². The summed E-state index contributed by atoms with van der Waals surface area (Å²) in [6.45, 7) is 0. The predicted molar refractivity (Wildman–Crippen MR) is 74.7 cm³/mol. The number of halogens is 1. The number of hydrogen-bond acceptors (Lipinski definition) is 3. The van der Waals surface area contributed by atoms with Crippen LogP contribution in [0.2, 0.25) is 0 Å². The van der Waals surface area contributed by atoms with E-state index in [0.717, 1.165) is 5.69 Å². The van der Waals surface area contributed by atoms with Crippen molar-refractivity contribution in [3.63, 3.8) is 0 Å². The van der Waals surface area contributed by atoms with E-state index in [1.54, 1.807) is 48.5 Å². The minimum absolute atomic E-state index is 0.179. The van der Waals surface area contributed by atoms with E-state index in [1.165, 1.54) is 0 Å². The molecular weight excluding hydrogens is 250 g/mol. The molecule has 5 heteroatoms. The third-order valence-corrected chi connectivity index (χ3v) is 2.64. The van der Waals surface area contributed by atoms with E-state index in [2.05, 4.69) is 10.2 Å². The predicted octanol–water partition coefficient (Wildman–Crippen LogP) is 3.09. The van der Waals surface area contributed by atoms with Gasteiger partial charge in [-0.2, -0.15) is 0 Å². The maximum atomic E-state index is 11.9. The van der Waals surface area contributed by atoms with Crippen LogP contribution < -0.4 is 15.9 Å². The first-order valence-electron chi connectivity index (χ1n) is 5.32. The number of amides is 1. The highest BCUT2D eigenvalue weighted by molar-refractivity contribution is 6.24. The Bertz CT molecular complexity index is 537. The quantitative estimate of drug-likeness (QED) is 0.588. The maximum absolute atomic E-state index is 11.9. The molecule has 0 spiro atoms. The molecule has 92 valence electrons. The van der Waals surface area contributed by atoms with Gasteiger partial charge in [-0.05, 0) is 48.5 Å². The van der Waals surface area contributed by atoms with Gasteiger partial charge >= 0.3 is 0 Å². The van der Waals surface area contributed by atoms with Gasteiger partial charge in [0.05, 0.1) is 0 Å². The van der Waals surface area contributed by atoms with Crippen LogP contribution in [0.1, 0.15) is 10.4 Å². The highest BCUT2D eigenvalue weighted by Crippen LogP contribution is 2.15. The lowest BCUT2D eigenvalue weighted by atomic mass is 10.2. The number of hydrogen-bond donors (Lipinski definition) is 3. The van der Waals surface area contributed by atoms with Gasteiger partial charge in [0.2, 0.25) is 0 Å². The second kappa shape index (κ2) is 5.42. The first-order chi connectivity index (χ1) is 8.69. The van der Waals surface area contributed by atoms with Gasteiger partial charge in [-0.3, -0.25) is 9.63 Å². The summed E-state index contributed by atoms with van der Waals surface area (Å²) in [5.74, 6) is -0.179. The lowest BCUT2D eigenvalue weighted by Crippen LogP contribution is -2.11. The Morgan fingerprint density at radius 3 is 2.06 bits per heavy atom. The molecule has 0 bridgehead atoms. The fraction of sp³-hybridized carbons (Fsp3) is 0. The molecule has 4 N–H and O–H groups in total. The number of anilines is 3.